The van der Waals surface area contributed by atoms with E-state index in [9.17, 15) is 8.60 Å². The summed E-state index contributed by atoms with van der Waals surface area (Å²) in [7, 11) is 0. The molecule has 0 amide bonds. The quantitative estimate of drug-likeness (QED) is 0.836. The number of alkyl halides is 1. The van der Waals surface area contributed by atoms with Gasteiger partial charge in [-0.15, -0.1) is 0 Å². The molecule has 2 atom stereocenters. The summed E-state index contributed by atoms with van der Waals surface area (Å²) in [4.78, 5) is 0.661. The molecule has 4 heteroatoms. The fraction of sp³-hybridized carbons (Fsp3) is 0.600. The second-order valence-electron chi connectivity index (χ2n) is 5.99. The number of aryl methyl sites for hydroxylation is 2. The molecular weight excluding hydrogens is 263 g/mol. The zero-order chi connectivity index (χ0) is 14.8. The minimum absolute atomic E-state index is 0.0455. The first-order valence-corrected chi connectivity index (χ1v) is 7.51. The van der Waals surface area contributed by atoms with Gasteiger partial charge >= 0.3 is 0 Å². The lowest BCUT2D eigenvalue weighted by Gasteiger charge is -2.22. The number of benzene rings is 1. The van der Waals surface area contributed by atoms with E-state index in [-0.39, 0.29) is 12.0 Å². The van der Waals surface area contributed by atoms with E-state index in [0.29, 0.717) is 4.90 Å². The Hall–Kier alpha value is -0.740. The average Bonchev–Trinajstić information content (AvgIpc) is 2.24. The largest absolute Gasteiger partial charge is 0.284 e. The highest BCUT2D eigenvalue weighted by molar-refractivity contribution is 7.80. The molecule has 0 aromatic heterocycles. The van der Waals surface area contributed by atoms with Gasteiger partial charge in [0.25, 0.3) is 0 Å². The maximum absolute atomic E-state index is 12.7. The average molecular weight is 286 g/mol. The molecule has 2 nitrogen and oxygen atoms in total. The summed E-state index contributed by atoms with van der Waals surface area (Å²) in [5, 5.41) is 0. The van der Waals surface area contributed by atoms with Gasteiger partial charge in [-0.3, -0.25) is 4.18 Å². The van der Waals surface area contributed by atoms with E-state index >= 15 is 0 Å². The normalized spacial score (nSPS) is 15.3. The summed E-state index contributed by atoms with van der Waals surface area (Å²) in [5.74, 6) is 0. The van der Waals surface area contributed by atoms with Crippen molar-refractivity contribution in [3.63, 3.8) is 0 Å². The van der Waals surface area contributed by atoms with E-state index in [1.54, 1.807) is 0 Å². The second kappa shape index (κ2) is 6.14. The highest BCUT2D eigenvalue weighted by atomic mass is 32.2. The van der Waals surface area contributed by atoms with Gasteiger partial charge in [0.2, 0.25) is 0 Å². The topological polar surface area (TPSA) is 26.3 Å². The van der Waals surface area contributed by atoms with Crippen molar-refractivity contribution < 1.29 is 12.8 Å². The number of halogens is 1. The zero-order valence-electron chi connectivity index (χ0n) is 12.5. The van der Waals surface area contributed by atoms with Gasteiger partial charge in [-0.2, -0.15) is 0 Å². The van der Waals surface area contributed by atoms with Crippen LogP contribution in [0.2, 0.25) is 0 Å². The van der Waals surface area contributed by atoms with Crippen molar-refractivity contribution in [1.29, 1.82) is 0 Å². The Morgan fingerprint density at radius 2 is 1.74 bits per heavy atom. The van der Waals surface area contributed by atoms with Crippen LogP contribution >= 0.6 is 0 Å². The van der Waals surface area contributed by atoms with Crippen LogP contribution in [0.25, 0.3) is 0 Å². The smallest absolute Gasteiger partial charge is 0.189 e. The molecule has 0 aliphatic carbocycles. The van der Waals surface area contributed by atoms with Gasteiger partial charge in [0, 0.05) is 0 Å². The Kier molecular flexibility index (Phi) is 5.27. The summed E-state index contributed by atoms with van der Waals surface area (Å²) in [6, 6.07) is 4.06. The lowest BCUT2D eigenvalue weighted by atomic mass is 9.85. The van der Waals surface area contributed by atoms with Gasteiger partial charge < -0.3 is 0 Å². The highest BCUT2D eigenvalue weighted by Crippen LogP contribution is 2.28. The molecular formula is C15H23FO2S. The van der Waals surface area contributed by atoms with Crippen LogP contribution in [0.4, 0.5) is 4.39 Å². The van der Waals surface area contributed by atoms with Crippen molar-refractivity contribution in [2.45, 2.75) is 58.0 Å². The lowest BCUT2D eigenvalue weighted by molar-refractivity contribution is 0.225. The monoisotopic (exact) mass is 286 g/mol. The Bertz CT molecular complexity index is 453. The molecule has 108 valence electrons. The van der Waals surface area contributed by atoms with Crippen molar-refractivity contribution in [2.24, 2.45) is 0 Å². The Labute approximate surface area is 118 Å². The third kappa shape index (κ3) is 4.39. The third-order valence-corrected chi connectivity index (χ3v) is 4.23. The van der Waals surface area contributed by atoms with E-state index in [0.717, 1.165) is 11.1 Å². The van der Waals surface area contributed by atoms with Crippen molar-refractivity contribution in [3.05, 3.63) is 28.8 Å². The van der Waals surface area contributed by atoms with Crippen LogP contribution < -0.4 is 0 Å². The summed E-state index contributed by atoms with van der Waals surface area (Å²) >= 11 is -1.60. The summed E-state index contributed by atoms with van der Waals surface area (Å²) in [6.07, 6.45) is -1.11. The van der Waals surface area contributed by atoms with Gasteiger partial charge in [0.15, 0.2) is 11.1 Å². The molecule has 1 aromatic carbocycles. The third-order valence-electron chi connectivity index (χ3n) is 2.90. The lowest BCUT2D eigenvalue weighted by Crippen LogP contribution is -2.14. The molecule has 0 bridgehead atoms. The van der Waals surface area contributed by atoms with Crippen LogP contribution in [0.15, 0.2) is 17.0 Å². The molecule has 0 N–H and O–H groups in total. The Balaban J connectivity index is 3.07. The molecule has 0 saturated carbocycles. The molecule has 1 rings (SSSR count). The van der Waals surface area contributed by atoms with Gasteiger partial charge in [0.1, 0.15) is 6.17 Å². The van der Waals surface area contributed by atoms with Gasteiger partial charge in [-0.1, -0.05) is 32.9 Å². The van der Waals surface area contributed by atoms with Crippen molar-refractivity contribution in [2.75, 3.05) is 6.61 Å². The Morgan fingerprint density at radius 1 is 1.26 bits per heavy atom. The van der Waals surface area contributed by atoms with Crippen LogP contribution in [0.1, 0.15) is 44.4 Å². The standard InChI is InChI=1S/C15H23FO2S/c1-10-7-13(15(4,5)6)8-11(2)14(10)19(17)18-9-12(3)16/h7-8,12H,9H2,1-6H3. The fourth-order valence-corrected chi connectivity index (χ4v) is 2.93. The molecule has 1 aromatic rings. The van der Waals surface area contributed by atoms with Crippen molar-refractivity contribution in [1.82, 2.24) is 0 Å². The molecule has 0 spiro atoms. The van der Waals surface area contributed by atoms with Crippen molar-refractivity contribution in [3.8, 4) is 0 Å². The van der Waals surface area contributed by atoms with E-state index in [1.807, 2.05) is 26.0 Å². The molecule has 2 unspecified atom stereocenters. The first-order chi connectivity index (χ1) is 8.62. The molecule has 0 saturated heterocycles. The first kappa shape index (κ1) is 16.3. The molecule has 0 aliphatic rings. The Morgan fingerprint density at radius 3 is 2.11 bits per heavy atom. The van der Waals surface area contributed by atoms with Gasteiger partial charge in [-0.05, 0) is 42.9 Å². The van der Waals surface area contributed by atoms with Gasteiger partial charge in [-0.25, -0.2) is 8.60 Å². The fourth-order valence-electron chi connectivity index (χ4n) is 1.86. The van der Waals surface area contributed by atoms with Crippen LogP contribution in [0.5, 0.6) is 0 Å². The minimum atomic E-state index is -1.60. The van der Waals surface area contributed by atoms with E-state index < -0.39 is 17.3 Å². The van der Waals surface area contributed by atoms with Crippen molar-refractivity contribution >= 4 is 11.1 Å². The molecule has 0 aliphatic heterocycles. The summed E-state index contributed by atoms with van der Waals surface area (Å²) in [6.45, 7) is 11.5. The van der Waals surface area contributed by atoms with E-state index in [1.165, 1.54) is 12.5 Å². The second-order valence-corrected chi connectivity index (χ2v) is 7.10. The van der Waals surface area contributed by atoms with E-state index in [4.69, 9.17) is 4.18 Å². The van der Waals surface area contributed by atoms with Crippen LogP contribution in [0, 0.1) is 13.8 Å². The molecule has 19 heavy (non-hydrogen) atoms. The highest BCUT2D eigenvalue weighted by Gasteiger charge is 2.19. The summed E-state index contributed by atoms with van der Waals surface area (Å²) < 4.78 is 29.9. The van der Waals surface area contributed by atoms with Crippen LogP contribution in [-0.4, -0.2) is 17.0 Å². The number of hydrogen-bond acceptors (Lipinski definition) is 2. The SMILES string of the molecule is Cc1cc(C(C)(C)C)cc(C)c1S(=O)OCC(C)F. The van der Waals surface area contributed by atoms with E-state index in [2.05, 4.69) is 20.8 Å². The molecule has 0 radical (unpaired) electrons. The molecule has 0 fully saturated rings. The predicted molar refractivity (Wildman–Crippen MR) is 77.5 cm³/mol. The first-order valence-electron chi connectivity index (χ1n) is 6.43. The number of hydrogen-bond donors (Lipinski definition) is 0. The van der Waals surface area contributed by atoms with Crippen LogP contribution in [-0.2, 0) is 20.7 Å². The zero-order valence-corrected chi connectivity index (χ0v) is 13.4. The number of rotatable bonds is 4. The molecule has 0 heterocycles. The van der Waals surface area contributed by atoms with Gasteiger partial charge in [0.05, 0.1) is 11.5 Å². The minimum Gasteiger partial charge on any atom is -0.284 e. The maximum atomic E-state index is 12.7. The summed E-state index contributed by atoms with van der Waals surface area (Å²) in [5.41, 5.74) is 3.09. The maximum Gasteiger partial charge on any atom is 0.189 e. The predicted octanol–water partition coefficient (Wildman–Crippen LogP) is 4.00. The van der Waals surface area contributed by atoms with Crippen LogP contribution in [0.3, 0.4) is 0 Å².